The van der Waals surface area contributed by atoms with Gasteiger partial charge in [-0.15, -0.1) is 0 Å². The monoisotopic (exact) mass is 591 g/mol. The first-order valence-electron chi connectivity index (χ1n) is 13.9. The highest BCUT2D eigenvalue weighted by Crippen LogP contribution is 2.35. The Morgan fingerprint density at radius 3 is 2.63 bits per heavy atom. The number of rotatable bonds is 9. The van der Waals surface area contributed by atoms with Gasteiger partial charge in [-0.3, -0.25) is 14.8 Å². The van der Waals surface area contributed by atoms with Gasteiger partial charge in [0.05, 0.1) is 28.8 Å². The number of hydrogen-bond acceptors (Lipinski definition) is 5. The second-order valence-electron chi connectivity index (χ2n) is 11.3. The molecule has 9 heteroatoms. The van der Waals surface area contributed by atoms with Crippen molar-refractivity contribution in [2.24, 2.45) is 5.92 Å². The lowest BCUT2D eigenvalue weighted by molar-refractivity contribution is 0.625. The Hall–Kier alpha value is -4.73. The molecule has 0 bridgehead atoms. The molecule has 6 rings (SSSR count). The van der Waals surface area contributed by atoms with Crippen molar-refractivity contribution in [1.29, 1.82) is 0 Å². The number of pyridine rings is 2. The number of allylic oxidation sites excluding steroid dienone is 1. The summed E-state index contributed by atoms with van der Waals surface area (Å²) < 4.78 is 18.1. The molecule has 0 aliphatic rings. The summed E-state index contributed by atoms with van der Waals surface area (Å²) >= 11 is 0. The Morgan fingerprint density at radius 2 is 1.84 bits per heavy atom. The number of halogens is 1. The molecule has 0 aliphatic heterocycles. The van der Waals surface area contributed by atoms with E-state index in [1.54, 1.807) is 24.5 Å². The predicted octanol–water partition coefficient (Wildman–Crippen LogP) is 7.86. The molecular weight excluding hydrogens is 557 g/mol. The van der Waals surface area contributed by atoms with Gasteiger partial charge >= 0.3 is 0 Å². The van der Waals surface area contributed by atoms with E-state index >= 15 is 0 Å². The predicted molar refractivity (Wildman–Crippen MR) is 182 cm³/mol. The van der Waals surface area contributed by atoms with Crippen LogP contribution in [-0.2, 0) is 6.54 Å². The van der Waals surface area contributed by atoms with Gasteiger partial charge < -0.3 is 10.3 Å². The van der Waals surface area contributed by atoms with E-state index in [-0.39, 0.29) is 5.82 Å². The standard InChI is InChI=1S/C34H34FN7S/c1-20(2)21(3)38-26-15-24(18-36-19-26)29-10-11-31-33(40-29)34(42-41-31)32-16-28-27(8-7-9-30(28)39-32)23-12-22(13-25(35)14-23)17-37-43(4,5)6/h7-16,18-20,37-39H,3-5,17H2,1-2,6H3,(H,41,42). The average molecular weight is 592 g/mol. The van der Waals surface area contributed by atoms with Crippen LogP contribution in [0.4, 0.5) is 10.1 Å². The van der Waals surface area contributed by atoms with Crippen LogP contribution in [0.15, 0.2) is 85.3 Å². The summed E-state index contributed by atoms with van der Waals surface area (Å²) in [5.74, 6) is 8.13. The molecule has 0 amide bonds. The van der Waals surface area contributed by atoms with E-state index < -0.39 is 9.39 Å². The SMILES string of the molecule is C=C(Nc1cncc(-c2ccc3[nH]nc(-c4cc5c(-c6cc(F)cc(CNS(=C)(=C)C)c6)cccc5[nH]4)c3n2)c1)C(C)C. The first kappa shape index (κ1) is 28.4. The zero-order chi connectivity index (χ0) is 30.3. The third-order valence-corrected chi connectivity index (χ3v) is 8.10. The molecule has 0 aliphatic carbocycles. The quantitative estimate of drug-likeness (QED) is 0.128. The Bertz CT molecular complexity index is 2100. The van der Waals surface area contributed by atoms with E-state index in [0.717, 1.165) is 67.0 Å². The Kier molecular flexibility index (Phi) is 7.37. The third kappa shape index (κ3) is 6.09. The minimum Gasteiger partial charge on any atom is -0.358 e. The van der Waals surface area contributed by atoms with Crippen LogP contribution < -0.4 is 10.0 Å². The topological polar surface area (TPSA) is 94.3 Å². The molecule has 2 aromatic carbocycles. The van der Waals surface area contributed by atoms with Crippen molar-refractivity contribution in [1.82, 2.24) is 29.9 Å². The van der Waals surface area contributed by atoms with Crippen molar-refractivity contribution in [3.05, 3.63) is 96.7 Å². The fourth-order valence-corrected chi connectivity index (χ4v) is 5.44. The van der Waals surface area contributed by atoms with Crippen LogP contribution in [0, 0.1) is 11.7 Å². The summed E-state index contributed by atoms with van der Waals surface area (Å²) in [6.07, 6.45) is 5.53. The second kappa shape index (κ2) is 11.2. The van der Waals surface area contributed by atoms with Crippen LogP contribution >= 0.6 is 9.39 Å². The van der Waals surface area contributed by atoms with Crippen LogP contribution in [0.25, 0.3) is 55.7 Å². The lowest BCUT2D eigenvalue weighted by Crippen LogP contribution is -2.08. The van der Waals surface area contributed by atoms with Crippen molar-refractivity contribution >= 4 is 48.8 Å². The molecule has 218 valence electrons. The van der Waals surface area contributed by atoms with Gasteiger partial charge in [-0.05, 0) is 77.4 Å². The molecule has 0 fully saturated rings. The summed E-state index contributed by atoms with van der Waals surface area (Å²) in [7, 11) is -1.42. The van der Waals surface area contributed by atoms with E-state index in [1.165, 1.54) is 0 Å². The normalized spacial score (nSPS) is 11.9. The number of hydrogen-bond donors (Lipinski definition) is 4. The van der Waals surface area contributed by atoms with Gasteiger partial charge in [0.25, 0.3) is 0 Å². The number of benzene rings is 2. The Morgan fingerprint density at radius 1 is 1.00 bits per heavy atom. The molecule has 7 nitrogen and oxygen atoms in total. The van der Waals surface area contributed by atoms with Gasteiger partial charge in [-0.25, -0.2) is 9.37 Å². The Labute approximate surface area is 250 Å². The summed E-state index contributed by atoms with van der Waals surface area (Å²) in [6.45, 7) is 8.78. The minimum absolute atomic E-state index is 0.288. The van der Waals surface area contributed by atoms with Gasteiger partial charge in [0.2, 0.25) is 0 Å². The van der Waals surface area contributed by atoms with Gasteiger partial charge in [0.15, 0.2) is 0 Å². The first-order valence-corrected chi connectivity index (χ1v) is 16.3. The molecule has 0 atom stereocenters. The summed E-state index contributed by atoms with van der Waals surface area (Å²) in [5, 5.41) is 12.0. The molecular formula is C34H34FN7S. The molecule has 0 spiro atoms. The number of H-pyrrole nitrogens is 2. The van der Waals surface area contributed by atoms with Crippen molar-refractivity contribution in [3.8, 4) is 33.8 Å². The van der Waals surface area contributed by atoms with Crippen molar-refractivity contribution in [2.45, 2.75) is 20.4 Å². The maximum absolute atomic E-state index is 14.7. The fraction of sp³-hybridized carbons (Fsp3) is 0.147. The van der Waals surface area contributed by atoms with E-state index in [0.29, 0.717) is 18.2 Å². The smallest absolute Gasteiger partial charge is 0.135 e. The van der Waals surface area contributed by atoms with Crippen LogP contribution in [0.2, 0.25) is 0 Å². The number of nitrogens with zero attached hydrogens (tertiary/aromatic N) is 3. The molecule has 6 aromatic rings. The highest BCUT2D eigenvalue weighted by molar-refractivity contribution is 8.25. The molecule has 4 aromatic heterocycles. The van der Waals surface area contributed by atoms with E-state index in [4.69, 9.17) is 4.98 Å². The maximum Gasteiger partial charge on any atom is 0.135 e. The van der Waals surface area contributed by atoms with Crippen LogP contribution in [0.1, 0.15) is 19.4 Å². The second-order valence-corrected chi connectivity index (χ2v) is 14.2. The minimum atomic E-state index is -1.42. The maximum atomic E-state index is 14.7. The number of nitrogens with one attached hydrogen (secondary N) is 4. The Balaban J connectivity index is 1.38. The molecule has 4 heterocycles. The summed E-state index contributed by atoms with van der Waals surface area (Å²) in [6, 6.07) is 19.1. The molecule has 0 saturated heterocycles. The number of fused-ring (bicyclic) bond motifs is 2. The van der Waals surface area contributed by atoms with Crippen LogP contribution in [0.5, 0.6) is 0 Å². The molecule has 0 unspecified atom stereocenters. The number of aromatic nitrogens is 5. The van der Waals surface area contributed by atoms with Gasteiger partial charge in [-0.1, -0.05) is 44.3 Å². The van der Waals surface area contributed by atoms with Gasteiger partial charge in [-0.2, -0.15) is 14.5 Å². The van der Waals surface area contributed by atoms with Crippen LogP contribution in [-0.4, -0.2) is 43.1 Å². The van der Waals surface area contributed by atoms with Crippen molar-refractivity contribution in [3.63, 3.8) is 0 Å². The van der Waals surface area contributed by atoms with E-state index in [2.05, 4.69) is 62.4 Å². The lowest BCUT2D eigenvalue weighted by Gasteiger charge is -2.13. The lowest BCUT2D eigenvalue weighted by atomic mass is 9.99. The van der Waals surface area contributed by atoms with Crippen molar-refractivity contribution in [2.75, 3.05) is 11.6 Å². The first-order chi connectivity index (χ1) is 20.5. The largest absolute Gasteiger partial charge is 0.358 e. The molecule has 4 N–H and O–H groups in total. The van der Waals surface area contributed by atoms with Crippen LogP contribution in [0.3, 0.4) is 0 Å². The van der Waals surface area contributed by atoms with Gasteiger partial charge in [0, 0.05) is 34.9 Å². The zero-order valence-corrected chi connectivity index (χ0v) is 25.3. The van der Waals surface area contributed by atoms with E-state index in [9.17, 15) is 4.39 Å². The molecule has 0 saturated carbocycles. The third-order valence-electron chi connectivity index (χ3n) is 7.26. The van der Waals surface area contributed by atoms with Crippen molar-refractivity contribution < 1.29 is 4.39 Å². The van der Waals surface area contributed by atoms with E-state index in [1.807, 2.05) is 54.8 Å². The molecule has 0 radical (unpaired) electrons. The highest BCUT2D eigenvalue weighted by atomic mass is 32.2. The zero-order valence-electron chi connectivity index (χ0n) is 24.5. The van der Waals surface area contributed by atoms with Gasteiger partial charge in [0.1, 0.15) is 17.0 Å². The highest BCUT2D eigenvalue weighted by Gasteiger charge is 2.16. The fourth-order valence-electron chi connectivity index (χ4n) is 4.93. The molecule has 43 heavy (non-hydrogen) atoms. The number of anilines is 1. The number of aromatic amines is 2. The summed E-state index contributed by atoms with van der Waals surface area (Å²) in [4.78, 5) is 12.9. The summed E-state index contributed by atoms with van der Waals surface area (Å²) in [5.41, 5.74) is 9.99. The average Bonchev–Trinajstić information content (AvgIpc) is 3.59.